The van der Waals surface area contributed by atoms with E-state index in [1.54, 1.807) is 6.92 Å². The number of aliphatic hydroxyl groups excluding tert-OH is 3. The van der Waals surface area contributed by atoms with Crippen molar-refractivity contribution < 1.29 is 28.3 Å². The molecule has 7 nitrogen and oxygen atoms in total. The van der Waals surface area contributed by atoms with Crippen molar-refractivity contribution in [1.29, 1.82) is 0 Å². The number of rotatable bonds is 12. The first-order chi connectivity index (χ1) is 9.74. The van der Waals surface area contributed by atoms with Gasteiger partial charge in [-0.15, -0.1) is 0 Å². The van der Waals surface area contributed by atoms with Crippen molar-refractivity contribution in [1.82, 2.24) is 5.32 Å². The van der Waals surface area contributed by atoms with Crippen LogP contribution in [0.25, 0.3) is 0 Å². The van der Waals surface area contributed by atoms with E-state index in [2.05, 4.69) is 5.32 Å². The average molecular weight is 327 g/mol. The molecule has 21 heavy (non-hydrogen) atoms. The van der Waals surface area contributed by atoms with Gasteiger partial charge in [-0.1, -0.05) is 6.92 Å². The summed E-state index contributed by atoms with van der Waals surface area (Å²) in [6.45, 7) is 1.37. The van der Waals surface area contributed by atoms with Gasteiger partial charge in [0.05, 0.1) is 0 Å². The normalized spacial score (nSPS) is 15.9. The van der Waals surface area contributed by atoms with Crippen molar-refractivity contribution >= 4 is 10.1 Å². The Morgan fingerprint density at radius 1 is 0.905 bits per heavy atom. The summed E-state index contributed by atoms with van der Waals surface area (Å²) in [4.78, 5) is -1.62. The minimum absolute atomic E-state index is 0.0478. The van der Waals surface area contributed by atoms with Gasteiger partial charge in [-0.3, -0.25) is 9.87 Å². The molecule has 0 fully saturated rings. The molecule has 8 heteroatoms. The number of aliphatic hydroxyl groups is 3. The molecule has 0 spiro atoms. The van der Waals surface area contributed by atoms with Crippen molar-refractivity contribution in [2.24, 2.45) is 5.41 Å². The molecule has 0 bridgehead atoms. The van der Waals surface area contributed by atoms with E-state index in [9.17, 15) is 13.0 Å². The van der Waals surface area contributed by atoms with Gasteiger partial charge in [0.2, 0.25) is 0 Å². The first-order valence-electron chi connectivity index (χ1n) is 7.23. The summed E-state index contributed by atoms with van der Waals surface area (Å²) in [6, 6.07) is 0. The van der Waals surface area contributed by atoms with Crippen molar-refractivity contribution in [2.45, 2.75) is 50.3 Å². The number of hydrogen-bond acceptors (Lipinski definition) is 6. The molecule has 0 saturated heterocycles. The number of nitrogens with one attached hydrogen (secondary N) is 1. The minimum atomic E-state index is -4.45. The molecule has 0 aliphatic rings. The zero-order valence-electron chi connectivity index (χ0n) is 12.9. The molecule has 0 aliphatic carbocycles. The first kappa shape index (κ1) is 20.8. The van der Waals surface area contributed by atoms with Crippen LogP contribution in [0.1, 0.15) is 45.4 Å². The SMILES string of the molecule is CNC(CCCO)(C(C)(CCCO)CCCO)S(=O)(=O)O. The van der Waals surface area contributed by atoms with Crippen LogP contribution in [-0.4, -0.2) is 60.0 Å². The zero-order chi connectivity index (χ0) is 16.6. The van der Waals surface area contributed by atoms with Gasteiger partial charge in [-0.2, -0.15) is 8.42 Å². The van der Waals surface area contributed by atoms with Gasteiger partial charge in [-0.25, -0.2) is 0 Å². The molecule has 128 valence electrons. The van der Waals surface area contributed by atoms with Gasteiger partial charge in [0.15, 0.2) is 4.87 Å². The largest absolute Gasteiger partial charge is 0.396 e. The van der Waals surface area contributed by atoms with E-state index in [4.69, 9.17) is 15.3 Å². The van der Waals surface area contributed by atoms with E-state index >= 15 is 0 Å². The second kappa shape index (κ2) is 9.02. The summed E-state index contributed by atoms with van der Waals surface area (Å²) in [5, 5.41) is 29.9. The monoisotopic (exact) mass is 327 g/mol. The molecule has 1 unspecified atom stereocenters. The van der Waals surface area contributed by atoms with E-state index < -0.39 is 20.4 Å². The zero-order valence-corrected chi connectivity index (χ0v) is 13.7. The molecule has 0 aliphatic heterocycles. The van der Waals surface area contributed by atoms with Gasteiger partial charge in [0.25, 0.3) is 10.1 Å². The summed E-state index contributed by atoms with van der Waals surface area (Å²) in [6.07, 6.45) is 1.78. The van der Waals surface area contributed by atoms with E-state index in [0.717, 1.165) is 0 Å². The molecule has 0 radical (unpaired) electrons. The smallest absolute Gasteiger partial charge is 0.284 e. The van der Waals surface area contributed by atoms with E-state index in [1.807, 2.05) is 0 Å². The highest BCUT2D eigenvalue weighted by Crippen LogP contribution is 2.45. The van der Waals surface area contributed by atoms with Gasteiger partial charge in [0.1, 0.15) is 0 Å². The Bertz CT molecular complexity index is 378. The molecule has 0 rings (SSSR count). The van der Waals surface area contributed by atoms with E-state index in [0.29, 0.717) is 25.7 Å². The van der Waals surface area contributed by atoms with Crippen LogP contribution in [0.5, 0.6) is 0 Å². The van der Waals surface area contributed by atoms with E-state index in [-0.39, 0.29) is 32.7 Å². The number of hydrogen-bond donors (Lipinski definition) is 5. The third-order valence-electron chi connectivity index (χ3n) is 4.28. The third kappa shape index (κ3) is 4.87. The van der Waals surface area contributed by atoms with Crippen LogP contribution in [0.4, 0.5) is 0 Å². The van der Waals surface area contributed by atoms with Crippen molar-refractivity contribution in [3.63, 3.8) is 0 Å². The summed E-state index contributed by atoms with van der Waals surface area (Å²) in [5.41, 5.74) is -0.879. The summed E-state index contributed by atoms with van der Waals surface area (Å²) in [5.74, 6) is 0. The van der Waals surface area contributed by atoms with Crippen LogP contribution in [0.3, 0.4) is 0 Å². The maximum atomic E-state index is 12.0. The fourth-order valence-electron chi connectivity index (χ4n) is 3.09. The second-order valence-corrected chi connectivity index (χ2v) is 7.24. The maximum absolute atomic E-state index is 12.0. The molecular formula is C13H29NO6S. The summed E-state index contributed by atoms with van der Waals surface area (Å²) < 4.78 is 33.9. The topological polar surface area (TPSA) is 127 Å². The fourth-order valence-corrected chi connectivity index (χ4v) is 4.58. The highest BCUT2D eigenvalue weighted by Gasteiger charge is 2.54. The Morgan fingerprint density at radius 3 is 1.57 bits per heavy atom. The lowest BCUT2D eigenvalue weighted by Crippen LogP contribution is -2.61. The van der Waals surface area contributed by atoms with Crippen LogP contribution in [0, 0.1) is 5.41 Å². The van der Waals surface area contributed by atoms with Gasteiger partial charge < -0.3 is 15.3 Å². The van der Waals surface area contributed by atoms with Crippen LogP contribution in [0.2, 0.25) is 0 Å². The second-order valence-electron chi connectivity index (χ2n) is 5.59. The Morgan fingerprint density at radius 2 is 1.29 bits per heavy atom. The van der Waals surface area contributed by atoms with Gasteiger partial charge in [-0.05, 0) is 45.6 Å². The van der Waals surface area contributed by atoms with Crippen LogP contribution < -0.4 is 5.32 Å². The van der Waals surface area contributed by atoms with Crippen molar-refractivity contribution in [3.05, 3.63) is 0 Å². The molecule has 0 heterocycles. The molecule has 0 aromatic heterocycles. The highest BCUT2D eigenvalue weighted by atomic mass is 32.2. The van der Waals surface area contributed by atoms with Crippen LogP contribution in [0.15, 0.2) is 0 Å². The molecule has 0 saturated carbocycles. The summed E-state index contributed by atoms with van der Waals surface area (Å²) in [7, 11) is -2.99. The lowest BCUT2D eigenvalue weighted by molar-refractivity contribution is 0.101. The lowest BCUT2D eigenvalue weighted by Gasteiger charge is -2.46. The lowest BCUT2D eigenvalue weighted by atomic mass is 9.72. The van der Waals surface area contributed by atoms with E-state index in [1.165, 1.54) is 7.05 Å². The Balaban J connectivity index is 5.74. The molecule has 1 atom stereocenters. The predicted octanol–water partition coefficient (Wildman–Crippen LogP) is 0.114. The Hall–Kier alpha value is -0.250. The predicted molar refractivity (Wildman–Crippen MR) is 80.4 cm³/mol. The summed E-state index contributed by atoms with van der Waals surface area (Å²) >= 11 is 0. The molecule has 0 aromatic carbocycles. The fraction of sp³-hybridized carbons (Fsp3) is 1.00. The van der Waals surface area contributed by atoms with Gasteiger partial charge >= 0.3 is 0 Å². The Labute approximate surface area is 127 Å². The van der Waals surface area contributed by atoms with Crippen LogP contribution >= 0.6 is 0 Å². The molecule has 0 aromatic rings. The average Bonchev–Trinajstić information content (AvgIpc) is 2.42. The van der Waals surface area contributed by atoms with Crippen LogP contribution in [-0.2, 0) is 10.1 Å². The molecular weight excluding hydrogens is 298 g/mol. The highest BCUT2D eigenvalue weighted by molar-refractivity contribution is 7.87. The quantitative estimate of drug-likeness (QED) is 0.322. The molecule has 0 amide bonds. The minimum Gasteiger partial charge on any atom is -0.396 e. The maximum Gasteiger partial charge on any atom is 0.284 e. The standard InChI is InChI=1S/C13H29NO6S/c1-12(6-3-9-15,7-4-10-16)13(14-2,8-5-11-17)21(18,19)20/h14-17H,3-11H2,1-2H3,(H,18,19,20). The Kier molecular flexibility index (Phi) is 8.91. The first-order valence-corrected chi connectivity index (χ1v) is 8.67. The third-order valence-corrected chi connectivity index (χ3v) is 6.06. The van der Waals surface area contributed by atoms with Crippen molar-refractivity contribution in [3.8, 4) is 0 Å². The molecule has 5 N–H and O–H groups in total. The van der Waals surface area contributed by atoms with Crippen molar-refractivity contribution in [2.75, 3.05) is 26.9 Å². The van der Waals surface area contributed by atoms with Gasteiger partial charge in [0, 0.05) is 25.2 Å².